The molecule has 5 heterocycles. The fourth-order valence-corrected chi connectivity index (χ4v) is 6.68. The van der Waals surface area contributed by atoms with Crippen LogP contribution in [0.2, 0.25) is 0 Å². The van der Waals surface area contributed by atoms with E-state index < -0.39 is 0 Å². The number of aromatic nitrogens is 3. The van der Waals surface area contributed by atoms with E-state index in [4.69, 9.17) is 9.40 Å². The number of pyridine rings is 1. The molecule has 0 bridgehead atoms. The fourth-order valence-electron chi connectivity index (χ4n) is 6.68. The first-order valence-electron chi connectivity index (χ1n) is 15.2. The first-order chi connectivity index (χ1) is 20.5. The number of nitrogens with one attached hydrogen (secondary N) is 2. The Hall–Kier alpha value is -3.95. The number of rotatable bonds is 7. The van der Waals surface area contributed by atoms with E-state index in [0.29, 0.717) is 24.1 Å². The van der Waals surface area contributed by atoms with Gasteiger partial charge in [0.15, 0.2) is 0 Å². The molecule has 42 heavy (non-hydrogen) atoms. The molecule has 0 spiro atoms. The van der Waals surface area contributed by atoms with Crippen molar-refractivity contribution >= 4 is 33.9 Å². The van der Waals surface area contributed by atoms with Gasteiger partial charge in [0.05, 0.1) is 12.8 Å². The minimum absolute atomic E-state index is 0.00312. The van der Waals surface area contributed by atoms with Crippen LogP contribution in [0.4, 0.5) is 17.3 Å². The van der Waals surface area contributed by atoms with Crippen molar-refractivity contribution in [1.29, 1.82) is 0 Å². The van der Waals surface area contributed by atoms with Crippen LogP contribution in [0.15, 0.2) is 63.6 Å². The number of nitrogens with zero attached hydrogens (tertiary/aromatic N) is 5. The van der Waals surface area contributed by atoms with Crippen LogP contribution in [0.1, 0.15) is 55.4 Å². The monoisotopic (exact) mass is 565 g/mol. The standard InChI is InChI=1S/C33H39N7O2/c1-22-4-3-5-28(22)29-18-25-20-35-33(36-26-6-8-27(9-7-26)39-15-13-38(2)14-16-39)37-31(25)40(32(29)41)21-24-11-17-42-30(24)23-10-12-34-19-23/h6-9,11,17-18,20,23,34H,3-5,10,12-16,19,21H2,1-2H3,(H,35,36,37). The molecule has 3 aliphatic rings. The molecule has 218 valence electrons. The van der Waals surface area contributed by atoms with Crippen LogP contribution >= 0.6 is 0 Å². The molecular formula is C33H39N7O2. The molecule has 3 aromatic heterocycles. The second-order valence-corrected chi connectivity index (χ2v) is 12.0. The van der Waals surface area contributed by atoms with E-state index in [0.717, 1.165) is 92.9 Å². The zero-order valence-electron chi connectivity index (χ0n) is 24.5. The highest BCUT2D eigenvalue weighted by Gasteiger charge is 2.25. The van der Waals surface area contributed by atoms with Crippen LogP contribution in [0.5, 0.6) is 0 Å². The van der Waals surface area contributed by atoms with E-state index >= 15 is 0 Å². The maximum absolute atomic E-state index is 14.1. The third kappa shape index (κ3) is 5.23. The van der Waals surface area contributed by atoms with Crippen LogP contribution in [-0.4, -0.2) is 65.8 Å². The number of furan rings is 1. The van der Waals surface area contributed by atoms with Gasteiger partial charge in [-0.2, -0.15) is 4.98 Å². The van der Waals surface area contributed by atoms with E-state index in [-0.39, 0.29) is 5.56 Å². The lowest BCUT2D eigenvalue weighted by Gasteiger charge is -2.34. The lowest BCUT2D eigenvalue weighted by molar-refractivity contribution is 0.313. The molecule has 2 N–H and O–H groups in total. The average molecular weight is 566 g/mol. The summed E-state index contributed by atoms with van der Waals surface area (Å²) in [7, 11) is 2.17. The predicted molar refractivity (Wildman–Crippen MR) is 168 cm³/mol. The molecule has 1 aromatic carbocycles. The number of hydrogen-bond acceptors (Lipinski definition) is 8. The molecule has 7 rings (SSSR count). The van der Waals surface area contributed by atoms with Gasteiger partial charge in [-0.05, 0) is 88.2 Å². The molecule has 2 aliphatic heterocycles. The van der Waals surface area contributed by atoms with Gasteiger partial charge in [0.1, 0.15) is 11.4 Å². The zero-order valence-corrected chi connectivity index (χ0v) is 24.5. The highest BCUT2D eigenvalue weighted by Crippen LogP contribution is 2.34. The van der Waals surface area contributed by atoms with Crippen molar-refractivity contribution in [3.05, 3.63) is 81.7 Å². The largest absolute Gasteiger partial charge is 0.469 e. The molecule has 0 amide bonds. The van der Waals surface area contributed by atoms with Crippen LogP contribution < -0.4 is 21.1 Å². The van der Waals surface area contributed by atoms with Crippen LogP contribution in [0.25, 0.3) is 16.6 Å². The molecule has 1 unspecified atom stereocenters. The van der Waals surface area contributed by atoms with E-state index in [9.17, 15) is 4.79 Å². The highest BCUT2D eigenvalue weighted by atomic mass is 16.3. The normalized spacial score (nSPS) is 19.8. The molecule has 1 atom stereocenters. The van der Waals surface area contributed by atoms with Gasteiger partial charge in [-0.1, -0.05) is 5.57 Å². The molecule has 2 saturated heterocycles. The summed E-state index contributed by atoms with van der Waals surface area (Å²) in [5.74, 6) is 1.76. The van der Waals surface area contributed by atoms with Gasteiger partial charge >= 0.3 is 0 Å². The topological polar surface area (TPSA) is 91.5 Å². The van der Waals surface area contributed by atoms with E-state index in [2.05, 4.69) is 63.7 Å². The molecular weight excluding hydrogens is 526 g/mol. The summed E-state index contributed by atoms with van der Waals surface area (Å²) < 4.78 is 7.79. The lowest BCUT2D eigenvalue weighted by atomic mass is 10.0. The second kappa shape index (κ2) is 11.4. The van der Waals surface area contributed by atoms with Gasteiger partial charge in [-0.15, -0.1) is 0 Å². The van der Waals surface area contributed by atoms with Gasteiger partial charge in [0.2, 0.25) is 5.95 Å². The second-order valence-electron chi connectivity index (χ2n) is 12.0. The van der Waals surface area contributed by atoms with Crippen molar-refractivity contribution in [3.8, 4) is 0 Å². The summed E-state index contributed by atoms with van der Waals surface area (Å²) >= 11 is 0. The Morgan fingerprint density at radius 1 is 1.10 bits per heavy atom. The van der Waals surface area contributed by atoms with E-state index in [1.54, 1.807) is 6.26 Å². The van der Waals surface area contributed by atoms with Gasteiger partial charge in [0, 0.05) is 72.7 Å². The minimum atomic E-state index is -0.00312. The number of likely N-dealkylation sites (N-methyl/N-ethyl adjacent to an activating group) is 1. The van der Waals surface area contributed by atoms with Crippen LogP contribution in [0, 0.1) is 0 Å². The van der Waals surface area contributed by atoms with Crippen LogP contribution in [0.3, 0.4) is 0 Å². The molecule has 9 heteroatoms. The molecule has 2 fully saturated rings. The number of hydrogen-bond donors (Lipinski definition) is 2. The number of fused-ring (bicyclic) bond motifs is 1. The SMILES string of the molecule is CC1=C(c2cc3cnc(Nc4ccc(N5CCN(C)CC5)cc4)nc3n(Cc3ccoc3C3CCNC3)c2=O)CCC1. The van der Waals surface area contributed by atoms with Crippen molar-refractivity contribution in [1.82, 2.24) is 24.8 Å². The average Bonchev–Trinajstić information content (AvgIpc) is 3.78. The summed E-state index contributed by atoms with van der Waals surface area (Å²) in [6.07, 6.45) is 7.68. The smallest absolute Gasteiger partial charge is 0.260 e. The van der Waals surface area contributed by atoms with Gasteiger partial charge < -0.3 is 24.9 Å². The number of piperazine rings is 1. The zero-order chi connectivity index (χ0) is 28.6. The Bertz CT molecular complexity index is 1670. The van der Waals surface area contributed by atoms with Crippen molar-refractivity contribution in [2.45, 2.75) is 45.1 Å². The van der Waals surface area contributed by atoms with Gasteiger partial charge in [-0.25, -0.2) is 4.98 Å². The van der Waals surface area contributed by atoms with Crippen molar-refractivity contribution < 1.29 is 4.42 Å². The van der Waals surface area contributed by atoms with Crippen molar-refractivity contribution in [2.75, 3.05) is 56.5 Å². The maximum Gasteiger partial charge on any atom is 0.260 e. The van der Waals surface area contributed by atoms with E-state index in [1.165, 1.54) is 16.8 Å². The molecule has 0 saturated carbocycles. The third-order valence-corrected chi connectivity index (χ3v) is 9.18. The molecule has 9 nitrogen and oxygen atoms in total. The molecule has 1 aliphatic carbocycles. The first kappa shape index (κ1) is 26.9. The Kier molecular flexibility index (Phi) is 7.29. The summed E-state index contributed by atoms with van der Waals surface area (Å²) in [4.78, 5) is 28.5. The fraction of sp³-hybridized carbons (Fsp3) is 0.424. The minimum Gasteiger partial charge on any atom is -0.469 e. The Morgan fingerprint density at radius 3 is 2.67 bits per heavy atom. The summed E-state index contributed by atoms with van der Waals surface area (Å²) in [5.41, 5.74) is 7.04. The number of benzene rings is 1. The predicted octanol–water partition coefficient (Wildman–Crippen LogP) is 4.96. The third-order valence-electron chi connectivity index (χ3n) is 9.18. The summed E-state index contributed by atoms with van der Waals surface area (Å²) in [6, 6.07) is 12.4. The van der Waals surface area contributed by atoms with Crippen LogP contribution in [-0.2, 0) is 6.54 Å². The van der Waals surface area contributed by atoms with Gasteiger partial charge in [-0.3, -0.25) is 9.36 Å². The summed E-state index contributed by atoms with van der Waals surface area (Å²) in [5, 5.41) is 7.66. The highest BCUT2D eigenvalue weighted by molar-refractivity contribution is 5.82. The number of anilines is 3. The lowest BCUT2D eigenvalue weighted by Crippen LogP contribution is -2.44. The first-order valence-corrected chi connectivity index (χ1v) is 15.2. The maximum atomic E-state index is 14.1. The van der Waals surface area contributed by atoms with Gasteiger partial charge in [0.25, 0.3) is 5.56 Å². The van der Waals surface area contributed by atoms with E-state index in [1.807, 2.05) is 22.9 Å². The Morgan fingerprint density at radius 2 is 1.93 bits per heavy atom. The Labute approximate surface area is 246 Å². The quantitative estimate of drug-likeness (QED) is 0.325. The van der Waals surface area contributed by atoms with Crippen molar-refractivity contribution in [3.63, 3.8) is 0 Å². The molecule has 4 aromatic rings. The number of allylic oxidation sites excluding steroid dienone is 2. The Balaban J connectivity index is 1.23. The van der Waals surface area contributed by atoms with Crippen molar-refractivity contribution in [2.24, 2.45) is 0 Å². The summed E-state index contributed by atoms with van der Waals surface area (Å²) in [6.45, 7) is 8.64. The molecule has 0 radical (unpaired) electrons.